The Bertz CT molecular complexity index is 645. The maximum absolute atomic E-state index is 9.40. The van der Waals surface area contributed by atoms with Crippen molar-refractivity contribution in [1.29, 1.82) is 5.26 Å². The zero-order valence-corrected chi connectivity index (χ0v) is 13.8. The van der Waals surface area contributed by atoms with Gasteiger partial charge in [-0.15, -0.1) is 16.4 Å². The molecule has 0 aliphatic rings. The summed E-state index contributed by atoms with van der Waals surface area (Å²) in [5.41, 5.74) is 2.52. The van der Waals surface area contributed by atoms with Crippen molar-refractivity contribution in [2.75, 3.05) is 5.32 Å². The average molecular weight is 351 g/mol. The van der Waals surface area contributed by atoms with Gasteiger partial charge < -0.3 is 5.32 Å². The lowest BCUT2D eigenvalue weighted by molar-refractivity contribution is 0.870. The molecule has 0 radical (unpaired) electrons. The molecule has 2 rings (SSSR count). The first-order chi connectivity index (χ1) is 9.71. The molecule has 2 aromatic heterocycles. The van der Waals surface area contributed by atoms with E-state index in [2.05, 4.69) is 37.5 Å². The highest BCUT2D eigenvalue weighted by Crippen LogP contribution is 2.25. The third kappa shape index (κ3) is 3.00. The summed E-state index contributed by atoms with van der Waals surface area (Å²) in [5, 5.41) is 23.0. The number of nitrogens with one attached hydrogen (secondary N) is 1. The van der Waals surface area contributed by atoms with E-state index < -0.39 is 0 Å². The molecule has 0 amide bonds. The van der Waals surface area contributed by atoms with Crippen molar-refractivity contribution in [2.24, 2.45) is 0 Å². The second-order valence-electron chi connectivity index (χ2n) is 4.21. The van der Waals surface area contributed by atoms with Crippen LogP contribution in [0.2, 0.25) is 0 Å². The summed E-state index contributed by atoms with van der Waals surface area (Å²) in [6, 6.07) is 4.27. The highest BCUT2D eigenvalue weighted by Gasteiger charge is 2.14. The Labute approximate surface area is 131 Å². The van der Waals surface area contributed by atoms with Crippen LogP contribution in [0.4, 0.5) is 5.82 Å². The standard InChI is InChI=1S/C14H15BrN4S/c1-3-9-10(7-16)14(19-18-12(9)4-2)17-8-13-11(15)5-6-20-13/h5-6H,3-4,8H2,1-2H3,(H,17,19). The summed E-state index contributed by atoms with van der Waals surface area (Å²) in [5.74, 6) is 0.571. The Kier molecular flexibility index (Phi) is 5.10. The molecule has 104 valence electrons. The van der Waals surface area contributed by atoms with Crippen LogP contribution in [0, 0.1) is 11.3 Å². The van der Waals surface area contributed by atoms with E-state index in [1.54, 1.807) is 11.3 Å². The molecular formula is C14H15BrN4S. The lowest BCUT2D eigenvalue weighted by Crippen LogP contribution is -2.09. The molecule has 2 aromatic rings. The molecule has 0 aliphatic carbocycles. The van der Waals surface area contributed by atoms with Crippen LogP contribution in [-0.4, -0.2) is 10.2 Å². The van der Waals surface area contributed by atoms with Crippen molar-refractivity contribution < 1.29 is 0 Å². The highest BCUT2D eigenvalue weighted by molar-refractivity contribution is 9.10. The molecular weight excluding hydrogens is 336 g/mol. The molecule has 2 heterocycles. The molecule has 20 heavy (non-hydrogen) atoms. The van der Waals surface area contributed by atoms with E-state index in [1.165, 1.54) is 4.88 Å². The maximum atomic E-state index is 9.40. The zero-order chi connectivity index (χ0) is 14.5. The molecule has 0 unspecified atom stereocenters. The predicted octanol–water partition coefficient (Wildman–Crippen LogP) is 3.91. The summed E-state index contributed by atoms with van der Waals surface area (Å²) in [7, 11) is 0. The summed E-state index contributed by atoms with van der Waals surface area (Å²) in [6.45, 7) is 4.70. The van der Waals surface area contributed by atoms with Crippen LogP contribution < -0.4 is 5.32 Å². The minimum absolute atomic E-state index is 0.571. The normalized spacial score (nSPS) is 10.3. The average Bonchev–Trinajstić information content (AvgIpc) is 2.89. The largest absolute Gasteiger partial charge is 0.363 e. The Hall–Kier alpha value is -1.45. The molecule has 0 saturated heterocycles. The van der Waals surface area contributed by atoms with E-state index in [4.69, 9.17) is 0 Å². The van der Waals surface area contributed by atoms with E-state index in [9.17, 15) is 5.26 Å². The number of aromatic nitrogens is 2. The van der Waals surface area contributed by atoms with Gasteiger partial charge in [0.15, 0.2) is 5.82 Å². The molecule has 0 spiro atoms. The monoisotopic (exact) mass is 350 g/mol. The first-order valence-electron chi connectivity index (χ1n) is 6.45. The molecule has 1 N–H and O–H groups in total. The number of nitriles is 1. The van der Waals surface area contributed by atoms with Crippen molar-refractivity contribution in [3.63, 3.8) is 0 Å². The second-order valence-corrected chi connectivity index (χ2v) is 6.07. The van der Waals surface area contributed by atoms with Crippen LogP contribution in [0.3, 0.4) is 0 Å². The third-order valence-corrected chi connectivity index (χ3v) is 4.99. The zero-order valence-electron chi connectivity index (χ0n) is 11.4. The van der Waals surface area contributed by atoms with Gasteiger partial charge in [-0.1, -0.05) is 13.8 Å². The number of thiophene rings is 1. The van der Waals surface area contributed by atoms with Gasteiger partial charge in [-0.2, -0.15) is 10.4 Å². The summed E-state index contributed by atoms with van der Waals surface area (Å²) >= 11 is 5.16. The minimum Gasteiger partial charge on any atom is -0.363 e. The number of rotatable bonds is 5. The van der Waals surface area contributed by atoms with Gasteiger partial charge in [0.1, 0.15) is 11.6 Å². The molecule has 0 aromatic carbocycles. The third-order valence-electron chi connectivity index (χ3n) is 3.07. The molecule has 0 aliphatic heterocycles. The maximum Gasteiger partial charge on any atom is 0.167 e. The molecule has 0 bridgehead atoms. The molecule has 4 nitrogen and oxygen atoms in total. The molecule has 0 saturated carbocycles. The number of hydrogen-bond donors (Lipinski definition) is 1. The van der Waals surface area contributed by atoms with E-state index in [0.29, 0.717) is 17.9 Å². The van der Waals surface area contributed by atoms with Crippen LogP contribution in [0.15, 0.2) is 15.9 Å². The van der Waals surface area contributed by atoms with Gasteiger partial charge in [0.2, 0.25) is 0 Å². The predicted molar refractivity (Wildman–Crippen MR) is 84.8 cm³/mol. The topological polar surface area (TPSA) is 61.6 Å². The van der Waals surface area contributed by atoms with Crippen molar-refractivity contribution in [2.45, 2.75) is 33.2 Å². The quantitative estimate of drug-likeness (QED) is 0.887. The van der Waals surface area contributed by atoms with Crippen molar-refractivity contribution >= 4 is 33.1 Å². The van der Waals surface area contributed by atoms with Crippen molar-refractivity contribution in [3.05, 3.63) is 37.6 Å². The number of hydrogen-bond acceptors (Lipinski definition) is 5. The molecule has 0 atom stereocenters. The SMILES string of the molecule is CCc1nnc(NCc2sccc2Br)c(C#N)c1CC. The first-order valence-corrected chi connectivity index (χ1v) is 8.12. The van der Waals surface area contributed by atoms with Crippen LogP contribution in [0.25, 0.3) is 0 Å². The minimum atomic E-state index is 0.571. The highest BCUT2D eigenvalue weighted by atomic mass is 79.9. The fourth-order valence-corrected chi connectivity index (χ4v) is 3.46. The number of aryl methyl sites for hydroxylation is 1. The number of anilines is 1. The van der Waals surface area contributed by atoms with Crippen LogP contribution in [0.1, 0.15) is 35.5 Å². The summed E-state index contributed by atoms with van der Waals surface area (Å²) in [6.07, 6.45) is 1.58. The van der Waals surface area contributed by atoms with Gasteiger partial charge in [0, 0.05) is 9.35 Å². The first kappa shape index (κ1) is 14.9. The fraction of sp³-hybridized carbons (Fsp3) is 0.357. The number of halogens is 1. The van der Waals surface area contributed by atoms with Gasteiger partial charge >= 0.3 is 0 Å². The van der Waals surface area contributed by atoms with Crippen molar-refractivity contribution in [3.8, 4) is 6.07 Å². The molecule has 6 heteroatoms. The van der Waals surface area contributed by atoms with Gasteiger partial charge in [0.05, 0.1) is 12.2 Å². The lowest BCUT2D eigenvalue weighted by atomic mass is 10.0. The molecule has 0 fully saturated rings. The van der Waals surface area contributed by atoms with Crippen molar-refractivity contribution in [1.82, 2.24) is 10.2 Å². The Balaban J connectivity index is 2.28. The Morgan fingerprint density at radius 2 is 2.15 bits per heavy atom. The fourth-order valence-electron chi connectivity index (χ4n) is 2.03. The van der Waals surface area contributed by atoms with Gasteiger partial charge in [-0.05, 0) is 45.8 Å². The van der Waals surface area contributed by atoms with Crippen LogP contribution >= 0.6 is 27.3 Å². The summed E-state index contributed by atoms with van der Waals surface area (Å²) < 4.78 is 1.07. The van der Waals surface area contributed by atoms with E-state index in [1.807, 2.05) is 25.3 Å². The van der Waals surface area contributed by atoms with Crippen LogP contribution in [0.5, 0.6) is 0 Å². The van der Waals surface area contributed by atoms with Gasteiger partial charge in [-0.3, -0.25) is 0 Å². The summed E-state index contributed by atoms with van der Waals surface area (Å²) in [4.78, 5) is 1.17. The van der Waals surface area contributed by atoms with Gasteiger partial charge in [0.25, 0.3) is 0 Å². The van der Waals surface area contributed by atoms with Gasteiger partial charge in [-0.25, -0.2) is 0 Å². The van der Waals surface area contributed by atoms with E-state index in [-0.39, 0.29) is 0 Å². The smallest absolute Gasteiger partial charge is 0.167 e. The lowest BCUT2D eigenvalue weighted by Gasteiger charge is -2.11. The van der Waals surface area contributed by atoms with E-state index in [0.717, 1.165) is 28.6 Å². The second kappa shape index (κ2) is 6.82. The van der Waals surface area contributed by atoms with Crippen LogP contribution in [-0.2, 0) is 19.4 Å². The van der Waals surface area contributed by atoms with E-state index >= 15 is 0 Å². The Morgan fingerprint density at radius 1 is 1.35 bits per heavy atom. The Morgan fingerprint density at radius 3 is 2.70 bits per heavy atom. The number of nitrogens with zero attached hydrogens (tertiary/aromatic N) is 3.